The quantitative estimate of drug-likeness (QED) is 0.807. The second kappa shape index (κ2) is 6.21. The molecule has 1 aliphatic rings. The van der Waals surface area contributed by atoms with Crippen LogP contribution in [-0.2, 0) is 9.59 Å². The molecular weight excluding hydrogens is 276 g/mol. The van der Waals surface area contributed by atoms with Gasteiger partial charge in [-0.3, -0.25) is 19.8 Å². The molecule has 8 heteroatoms. The number of carbonyl (C=O) groups is 2. The molecular formula is C13H20N4O4. The van der Waals surface area contributed by atoms with E-state index in [4.69, 9.17) is 4.42 Å². The van der Waals surface area contributed by atoms with Crippen molar-refractivity contribution in [3.8, 4) is 0 Å². The first-order valence-corrected chi connectivity index (χ1v) is 7.06. The molecule has 0 aromatic carbocycles. The normalized spacial score (nSPS) is 22.4. The van der Waals surface area contributed by atoms with E-state index in [1.54, 1.807) is 11.8 Å². The first-order chi connectivity index (χ1) is 9.98. The van der Waals surface area contributed by atoms with Gasteiger partial charge in [0.05, 0.1) is 6.54 Å². The highest BCUT2D eigenvalue weighted by Crippen LogP contribution is 2.33. The van der Waals surface area contributed by atoms with Crippen LogP contribution in [0.1, 0.15) is 38.5 Å². The number of hydrogen-bond acceptors (Lipinski definition) is 6. The zero-order chi connectivity index (χ0) is 15.5. The molecule has 0 bridgehead atoms. The lowest BCUT2D eigenvalue weighted by Crippen LogP contribution is -2.52. The highest BCUT2D eigenvalue weighted by atomic mass is 16.4. The van der Waals surface area contributed by atoms with Crippen LogP contribution in [0.5, 0.6) is 0 Å². The molecule has 0 aliphatic carbocycles. The Balaban J connectivity index is 2.03. The molecule has 0 spiro atoms. The summed E-state index contributed by atoms with van der Waals surface area (Å²) in [4.78, 5) is 25.4. The predicted molar refractivity (Wildman–Crippen MR) is 73.7 cm³/mol. The van der Waals surface area contributed by atoms with E-state index >= 15 is 0 Å². The maximum absolute atomic E-state index is 12.0. The number of carbonyl (C=O) groups excluding carboxylic acids is 1. The largest absolute Gasteiger partial charge is 0.480 e. The Bertz CT molecular complexity index is 530. The Labute approximate surface area is 122 Å². The van der Waals surface area contributed by atoms with Gasteiger partial charge in [0.15, 0.2) is 0 Å². The number of hydrogen-bond donors (Lipinski definition) is 2. The number of aryl methyl sites for hydroxylation is 1. The summed E-state index contributed by atoms with van der Waals surface area (Å²) >= 11 is 0. The zero-order valence-corrected chi connectivity index (χ0v) is 12.3. The second-order valence-electron chi connectivity index (χ2n) is 5.29. The van der Waals surface area contributed by atoms with Crippen molar-refractivity contribution in [1.29, 1.82) is 0 Å². The van der Waals surface area contributed by atoms with Crippen molar-refractivity contribution in [3.63, 3.8) is 0 Å². The van der Waals surface area contributed by atoms with Crippen molar-refractivity contribution in [1.82, 2.24) is 15.1 Å². The first kappa shape index (κ1) is 15.4. The molecule has 1 atom stereocenters. The molecule has 1 aromatic heterocycles. The molecule has 1 aliphatic heterocycles. The molecule has 1 aromatic rings. The van der Waals surface area contributed by atoms with Gasteiger partial charge in [0, 0.05) is 6.92 Å². The number of aromatic nitrogens is 2. The van der Waals surface area contributed by atoms with Gasteiger partial charge >= 0.3 is 12.0 Å². The number of carboxylic acid groups (broad SMARTS) is 1. The van der Waals surface area contributed by atoms with Crippen molar-refractivity contribution in [2.75, 3.05) is 18.4 Å². The van der Waals surface area contributed by atoms with Crippen molar-refractivity contribution in [2.45, 2.75) is 45.1 Å². The molecule has 1 saturated heterocycles. The van der Waals surface area contributed by atoms with Crippen molar-refractivity contribution >= 4 is 17.9 Å². The monoisotopic (exact) mass is 296 g/mol. The van der Waals surface area contributed by atoms with Crippen LogP contribution in [0.15, 0.2) is 4.42 Å². The third-order valence-corrected chi connectivity index (χ3v) is 3.79. The van der Waals surface area contributed by atoms with E-state index in [-0.39, 0.29) is 18.5 Å². The molecule has 2 rings (SSSR count). The van der Waals surface area contributed by atoms with Crippen LogP contribution < -0.4 is 5.32 Å². The van der Waals surface area contributed by atoms with Gasteiger partial charge in [-0.1, -0.05) is 18.4 Å². The minimum Gasteiger partial charge on any atom is -0.480 e. The predicted octanol–water partition coefficient (Wildman–Crippen LogP) is 1.04. The van der Waals surface area contributed by atoms with Gasteiger partial charge in [-0.15, -0.1) is 5.10 Å². The highest BCUT2D eigenvalue weighted by Gasteiger charge is 2.47. The second-order valence-corrected chi connectivity index (χ2v) is 5.29. The SMILES string of the molecule is CCCC1(C(=O)O)CCCN1CC(=O)Nc1nnc(C)o1. The number of nitrogens with one attached hydrogen (secondary N) is 1. The van der Waals surface area contributed by atoms with E-state index in [1.807, 2.05) is 6.92 Å². The maximum atomic E-state index is 12.0. The molecule has 116 valence electrons. The summed E-state index contributed by atoms with van der Waals surface area (Å²) in [6.07, 6.45) is 2.64. The van der Waals surface area contributed by atoms with E-state index in [2.05, 4.69) is 15.5 Å². The van der Waals surface area contributed by atoms with Gasteiger partial charge in [-0.2, -0.15) is 0 Å². The van der Waals surface area contributed by atoms with Crippen molar-refractivity contribution < 1.29 is 19.1 Å². The fourth-order valence-electron chi connectivity index (χ4n) is 2.89. The third-order valence-electron chi connectivity index (χ3n) is 3.79. The van der Waals surface area contributed by atoms with Crippen LogP contribution in [0, 0.1) is 6.92 Å². The Kier molecular flexibility index (Phi) is 4.56. The van der Waals surface area contributed by atoms with Gasteiger partial charge in [0.25, 0.3) is 0 Å². The smallest absolute Gasteiger partial charge is 0.324 e. The van der Waals surface area contributed by atoms with Crippen LogP contribution in [0.2, 0.25) is 0 Å². The Morgan fingerprint density at radius 1 is 1.48 bits per heavy atom. The lowest BCUT2D eigenvalue weighted by atomic mass is 9.90. The first-order valence-electron chi connectivity index (χ1n) is 7.06. The standard InChI is InChI=1S/C13H20N4O4/c1-3-5-13(11(19)20)6-4-7-17(13)8-10(18)14-12-16-15-9(2)21-12/h3-8H2,1-2H3,(H,19,20)(H,14,16,18). The summed E-state index contributed by atoms with van der Waals surface area (Å²) in [5, 5.41) is 19.4. The topological polar surface area (TPSA) is 109 Å². The van der Waals surface area contributed by atoms with E-state index in [1.165, 1.54) is 0 Å². The number of carboxylic acids is 1. The van der Waals surface area contributed by atoms with Crippen LogP contribution in [0.25, 0.3) is 0 Å². The van der Waals surface area contributed by atoms with E-state index in [9.17, 15) is 14.7 Å². The van der Waals surface area contributed by atoms with E-state index in [0.717, 1.165) is 12.8 Å². The average molecular weight is 296 g/mol. The van der Waals surface area contributed by atoms with Gasteiger partial charge in [-0.25, -0.2) is 0 Å². The number of anilines is 1. The molecule has 0 saturated carbocycles. The summed E-state index contributed by atoms with van der Waals surface area (Å²) in [6.45, 7) is 4.18. The zero-order valence-electron chi connectivity index (χ0n) is 12.3. The summed E-state index contributed by atoms with van der Waals surface area (Å²) in [7, 11) is 0. The summed E-state index contributed by atoms with van der Waals surface area (Å²) in [5.41, 5.74) is -0.934. The minimum absolute atomic E-state index is 0.00767. The number of rotatable bonds is 6. The van der Waals surface area contributed by atoms with Crippen LogP contribution in [0.4, 0.5) is 6.01 Å². The third kappa shape index (κ3) is 3.21. The van der Waals surface area contributed by atoms with Crippen LogP contribution >= 0.6 is 0 Å². The molecule has 2 heterocycles. The highest BCUT2D eigenvalue weighted by molar-refractivity contribution is 5.91. The average Bonchev–Trinajstić information content (AvgIpc) is 2.98. The maximum Gasteiger partial charge on any atom is 0.324 e. The number of amides is 1. The molecule has 1 fully saturated rings. The molecule has 2 N–H and O–H groups in total. The number of likely N-dealkylation sites (tertiary alicyclic amines) is 1. The molecule has 0 radical (unpaired) electrons. The van der Waals surface area contributed by atoms with E-state index in [0.29, 0.717) is 25.3 Å². The van der Waals surface area contributed by atoms with Crippen LogP contribution in [0.3, 0.4) is 0 Å². The van der Waals surface area contributed by atoms with Crippen LogP contribution in [-0.4, -0.2) is 50.7 Å². The number of nitrogens with zero attached hydrogens (tertiary/aromatic N) is 3. The van der Waals surface area contributed by atoms with Gasteiger partial charge < -0.3 is 9.52 Å². The Hall–Kier alpha value is -1.96. The van der Waals surface area contributed by atoms with Crippen molar-refractivity contribution in [2.24, 2.45) is 0 Å². The fraction of sp³-hybridized carbons (Fsp3) is 0.692. The summed E-state index contributed by atoms with van der Waals surface area (Å²) in [6, 6.07) is 0.0353. The minimum atomic E-state index is -0.934. The van der Waals surface area contributed by atoms with Gasteiger partial charge in [0.1, 0.15) is 5.54 Å². The summed E-state index contributed by atoms with van der Waals surface area (Å²) < 4.78 is 5.08. The summed E-state index contributed by atoms with van der Waals surface area (Å²) in [5.74, 6) is -0.845. The van der Waals surface area contributed by atoms with Gasteiger partial charge in [0.2, 0.25) is 11.8 Å². The molecule has 21 heavy (non-hydrogen) atoms. The lowest BCUT2D eigenvalue weighted by Gasteiger charge is -2.33. The molecule has 1 amide bonds. The fourth-order valence-corrected chi connectivity index (χ4v) is 2.89. The Morgan fingerprint density at radius 3 is 2.81 bits per heavy atom. The van der Waals surface area contributed by atoms with Crippen molar-refractivity contribution in [3.05, 3.63) is 5.89 Å². The Morgan fingerprint density at radius 2 is 2.24 bits per heavy atom. The molecule has 1 unspecified atom stereocenters. The number of aliphatic carboxylic acids is 1. The molecule has 8 nitrogen and oxygen atoms in total. The van der Waals surface area contributed by atoms with Gasteiger partial charge in [-0.05, 0) is 25.8 Å². The van der Waals surface area contributed by atoms with E-state index < -0.39 is 11.5 Å². The lowest BCUT2D eigenvalue weighted by molar-refractivity contribution is -0.150.